The van der Waals surface area contributed by atoms with Gasteiger partial charge in [-0.2, -0.15) is 5.26 Å². The van der Waals surface area contributed by atoms with E-state index in [4.69, 9.17) is 0 Å². The van der Waals surface area contributed by atoms with Gasteiger partial charge < -0.3 is 0 Å². The van der Waals surface area contributed by atoms with Gasteiger partial charge in [0.2, 0.25) is 0 Å². The number of nitriles is 1. The van der Waals surface area contributed by atoms with E-state index in [0.717, 1.165) is 24.9 Å². The van der Waals surface area contributed by atoms with Crippen LogP contribution in [0.4, 0.5) is 0 Å². The molecule has 0 N–H and O–H groups in total. The molecular weight excluding hydrogens is 270 g/mol. The van der Waals surface area contributed by atoms with Gasteiger partial charge in [-0.05, 0) is 64.2 Å². The fourth-order valence-electron chi connectivity index (χ4n) is 3.33. The van der Waals surface area contributed by atoms with E-state index in [-0.39, 0.29) is 0 Å². The van der Waals surface area contributed by atoms with E-state index in [9.17, 15) is 5.26 Å². The molecule has 3 heteroatoms. The summed E-state index contributed by atoms with van der Waals surface area (Å²) in [5.74, 6) is 0.486. The van der Waals surface area contributed by atoms with E-state index < -0.39 is 5.41 Å². The van der Waals surface area contributed by atoms with Crippen molar-refractivity contribution in [2.75, 3.05) is 6.54 Å². The van der Waals surface area contributed by atoms with Crippen LogP contribution in [0, 0.1) is 17.2 Å². The molecule has 0 unspecified atom stereocenters. The van der Waals surface area contributed by atoms with E-state index >= 15 is 0 Å². The number of hydrogen-bond donors (Lipinski definition) is 0. The molecular formula is C19H31N3. The monoisotopic (exact) mass is 301 g/mol. The van der Waals surface area contributed by atoms with Crippen molar-refractivity contribution in [1.29, 1.82) is 5.26 Å². The van der Waals surface area contributed by atoms with Crippen LogP contribution in [0.5, 0.6) is 0 Å². The summed E-state index contributed by atoms with van der Waals surface area (Å²) in [5.41, 5.74) is 0.685. The van der Waals surface area contributed by atoms with Gasteiger partial charge in [0.05, 0.1) is 11.5 Å². The van der Waals surface area contributed by atoms with Gasteiger partial charge in [0.1, 0.15) is 0 Å². The van der Waals surface area contributed by atoms with Crippen molar-refractivity contribution in [2.24, 2.45) is 5.92 Å². The predicted molar refractivity (Wildman–Crippen MR) is 92.6 cm³/mol. The lowest BCUT2D eigenvalue weighted by molar-refractivity contribution is 0.159. The molecule has 122 valence electrons. The molecule has 22 heavy (non-hydrogen) atoms. The van der Waals surface area contributed by atoms with Gasteiger partial charge in [-0.1, -0.05) is 13.8 Å². The Morgan fingerprint density at radius 3 is 2.05 bits per heavy atom. The minimum Gasteiger partial charge on any atom is -0.298 e. The fourth-order valence-corrected chi connectivity index (χ4v) is 3.33. The van der Waals surface area contributed by atoms with Crippen molar-refractivity contribution in [3.8, 4) is 6.07 Å². The molecule has 0 saturated carbocycles. The maximum Gasteiger partial charge on any atom is 0.0838 e. The van der Waals surface area contributed by atoms with Gasteiger partial charge in [-0.3, -0.25) is 9.88 Å². The Morgan fingerprint density at radius 2 is 1.64 bits per heavy atom. The summed E-state index contributed by atoms with van der Waals surface area (Å²) in [6, 6.07) is 7.63. The first-order chi connectivity index (χ1) is 10.3. The molecule has 3 nitrogen and oxygen atoms in total. The second kappa shape index (κ2) is 8.29. The Morgan fingerprint density at radius 1 is 1.09 bits per heavy atom. The molecule has 0 fully saturated rings. The molecule has 0 amide bonds. The molecule has 0 spiro atoms. The van der Waals surface area contributed by atoms with Crippen molar-refractivity contribution in [2.45, 2.75) is 71.9 Å². The molecule has 1 atom stereocenters. The maximum absolute atomic E-state index is 9.98. The van der Waals surface area contributed by atoms with Crippen molar-refractivity contribution in [3.63, 3.8) is 0 Å². The number of pyridine rings is 1. The first kappa shape index (κ1) is 18.6. The Balaban J connectivity index is 3.04. The lowest BCUT2D eigenvalue weighted by Crippen LogP contribution is -2.41. The van der Waals surface area contributed by atoms with Gasteiger partial charge >= 0.3 is 0 Å². The molecule has 1 heterocycles. The SMILES string of the molecule is CC(C)C[C@@](C#N)(CCN(C(C)C)C(C)C)c1ccncc1. The van der Waals surface area contributed by atoms with Gasteiger partial charge in [0.25, 0.3) is 0 Å². The van der Waals surface area contributed by atoms with Crippen LogP contribution < -0.4 is 0 Å². The third-order valence-corrected chi connectivity index (χ3v) is 4.33. The number of nitrogens with zero attached hydrogens (tertiary/aromatic N) is 3. The first-order valence-corrected chi connectivity index (χ1v) is 8.40. The molecule has 1 aromatic rings. The van der Waals surface area contributed by atoms with Crippen molar-refractivity contribution in [1.82, 2.24) is 9.88 Å². The summed E-state index contributed by atoms with van der Waals surface area (Å²) in [6.07, 6.45) is 5.34. The average molecular weight is 301 g/mol. The Bertz CT molecular complexity index is 465. The third kappa shape index (κ3) is 4.81. The average Bonchev–Trinajstić information content (AvgIpc) is 2.46. The number of aromatic nitrogens is 1. The van der Waals surface area contributed by atoms with E-state index in [1.54, 1.807) is 12.4 Å². The Hall–Kier alpha value is -1.40. The molecule has 0 aliphatic rings. The zero-order valence-corrected chi connectivity index (χ0v) is 15.0. The molecule has 0 saturated heterocycles. The summed E-state index contributed by atoms with van der Waals surface area (Å²) in [6.45, 7) is 14.2. The van der Waals surface area contributed by atoms with E-state index in [1.165, 1.54) is 0 Å². The van der Waals surface area contributed by atoms with Crippen molar-refractivity contribution < 1.29 is 0 Å². The highest BCUT2D eigenvalue weighted by atomic mass is 15.2. The second-order valence-electron chi connectivity index (χ2n) is 7.20. The van der Waals surface area contributed by atoms with Crippen LogP contribution in [0.1, 0.15) is 59.9 Å². The summed E-state index contributed by atoms with van der Waals surface area (Å²) < 4.78 is 0. The summed E-state index contributed by atoms with van der Waals surface area (Å²) in [7, 11) is 0. The van der Waals surface area contributed by atoms with E-state index in [1.807, 2.05) is 12.1 Å². The Kier molecular flexibility index (Phi) is 7.03. The molecule has 0 aromatic carbocycles. The van der Waals surface area contributed by atoms with Crippen LogP contribution in [-0.4, -0.2) is 28.5 Å². The zero-order chi connectivity index (χ0) is 16.8. The molecule has 0 bridgehead atoms. The van der Waals surface area contributed by atoms with Crippen LogP contribution >= 0.6 is 0 Å². The van der Waals surface area contributed by atoms with Crippen LogP contribution in [0.25, 0.3) is 0 Å². The molecule has 0 aliphatic heterocycles. The molecule has 0 aliphatic carbocycles. The Labute approximate surface area is 136 Å². The van der Waals surface area contributed by atoms with Gasteiger partial charge in [0, 0.05) is 31.0 Å². The molecule has 1 rings (SSSR count). The largest absolute Gasteiger partial charge is 0.298 e. The second-order valence-corrected chi connectivity index (χ2v) is 7.20. The summed E-state index contributed by atoms with van der Waals surface area (Å²) in [5, 5.41) is 9.98. The normalized spacial score (nSPS) is 14.6. The number of rotatable bonds is 8. The lowest BCUT2D eigenvalue weighted by Gasteiger charge is -2.35. The highest BCUT2D eigenvalue weighted by molar-refractivity contribution is 5.31. The standard InChI is InChI=1S/C19H31N3/c1-15(2)13-19(14-20,18-7-10-21-11-8-18)9-12-22(16(3)4)17(5)6/h7-8,10-11,15-17H,9,12-13H2,1-6H3/t19-/m1/s1. The van der Waals surface area contributed by atoms with Crippen LogP contribution in [0.2, 0.25) is 0 Å². The minimum absolute atomic E-state index is 0.418. The van der Waals surface area contributed by atoms with E-state index in [2.05, 4.69) is 57.5 Å². The molecule has 0 radical (unpaired) electrons. The van der Waals surface area contributed by atoms with Crippen LogP contribution in [-0.2, 0) is 5.41 Å². The molecule has 1 aromatic heterocycles. The van der Waals surface area contributed by atoms with Crippen molar-refractivity contribution >= 4 is 0 Å². The van der Waals surface area contributed by atoms with Gasteiger partial charge in [0.15, 0.2) is 0 Å². The van der Waals surface area contributed by atoms with Gasteiger partial charge in [-0.15, -0.1) is 0 Å². The van der Waals surface area contributed by atoms with Crippen LogP contribution in [0.15, 0.2) is 24.5 Å². The first-order valence-electron chi connectivity index (χ1n) is 8.40. The van der Waals surface area contributed by atoms with E-state index in [0.29, 0.717) is 18.0 Å². The maximum atomic E-state index is 9.98. The van der Waals surface area contributed by atoms with Crippen LogP contribution in [0.3, 0.4) is 0 Å². The third-order valence-electron chi connectivity index (χ3n) is 4.33. The fraction of sp³-hybridized carbons (Fsp3) is 0.684. The van der Waals surface area contributed by atoms with Crippen molar-refractivity contribution in [3.05, 3.63) is 30.1 Å². The predicted octanol–water partition coefficient (Wildman–Crippen LogP) is 4.40. The smallest absolute Gasteiger partial charge is 0.0838 e. The van der Waals surface area contributed by atoms with Gasteiger partial charge in [-0.25, -0.2) is 0 Å². The topological polar surface area (TPSA) is 39.9 Å². The highest BCUT2D eigenvalue weighted by Crippen LogP contribution is 2.34. The number of hydrogen-bond acceptors (Lipinski definition) is 3. The summed E-state index contributed by atoms with van der Waals surface area (Å²) in [4.78, 5) is 6.57. The minimum atomic E-state index is -0.418. The lowest BCUT2D eigenvalue weighted by atomic mass is 9.73. The summed E-state index contributed by atoms with van der Waals surface area (Å²) >= 11 is 0. The highest BCUT2D eigenvalue weighted by Gasteiger charge is 2.34. The zero-order valence-electron chi connectivity index (χ0n) is 15.0. The quantitative estimate of drug-likeness (QED) is 0.714.